The van der Waals surface area contributed by atoms with Crippen LogP contribution in [0.4, 0.5) is 0 Å². The van der Waals surface area contributed by atoms with E-state index < -0.39 is 0 Å². The molecule has 0 aliphatic carbocycles. The van der Waals surface area contributed by atoms with Crippen LogP contribution < -0.4 is 0 Å². The first-order valence-corrected chi connectivity index (χ1v) is 8.45. The average molecular weight is 282 g/mol. The Morgan fingerprint density at radius 3 is 2.40 bits per heavy atom. The Balaban J connectivity index is 3.63. The lowest BCUT2D eigenvalue weighted by Gasteiger charge is -2.12. The molecule has 0 saturated carbocycles. The Morgan fingerprint density at radius 1 is 1.05 bits per heavy atom. The second kappa shape index (κ2) is 13.2. The molecular formula is C18H34O2. The minimum atomic E-state index is -0.0587. The van der Waals surface area contributed by atoms with Crippen LogP contribution in [0.25, 0.3) is 0 Å². The van der Waals surface area contributed by atoms with Crippen LogP contribution in [0.3, 0.4) is 0 Å². The van der Waals surface area contributed by atoms with Crippen molar-refractivity contribution < 1.29 is 9.53 Å². The van der Waals surface area contributed by atoms with Crippen molar-refractivity contribution in [2.45, 2.75) is 98.0 Å². The van der Waals surface area contributed by atoms with E-state index >= 15 is 0 Å². The third kappa shape index (κ3) is 12.3. The standard InChI is InChI=1S/C18H34O2/c1-5-7-8-9-10-13-16(3)14-11-15-17(4)20-18(19)12-6-2/h14,17H,5-13,15H2,1-4H3. The molecule has 0 bridgehead atoms. The highest BCUT2D eigenvalue weighted by molar-refractivity contribution is 5.69. The van der Waals surface area contributed by atoms with E-state index in [4.69, 9.17) is 4.74 Å². The van der Waals surface area contributed by atoms with Crippen LogP contribution in [0.15, 0.2) is 11.6 Å². The predicted molar refractivity (Wildman–Crippen MR) is 86.8 cm³/mol. The van der Waals surface area contributed by atoms with Gasteiger partial charge < -0.3 is 4.74 Å². The van der Waals surface area contributed by atoms with Gasteiger partial charge in [0, 0.05) is 6.42 Å². The van der Waals surface area contributed by atoms with Gasteiger partial charge in [0.2, 0.25) is 0 Å². The molecule has 0 aliphatic rings. The third-order valence-corrected chi connectivity index (χ3v) is 3.53. The number of hydrogen-bond acceptors (Lipinski definition) is 2. The van der Waals surface area contributed by atoms with Crippen LogP contribution >= 0.6 is 0 Å². The molecule has 0 N–H and O–H groups in total. The molecule has 0 rings (SSSR count). The first-order chi connectivity index (χ1) is 9.60. The summed E-state index contributed by atoms with van der Waals surface area (Å²) in [6.07, 6.45) is 13.6. The Labute approximate surface area is 126 Å². The predicted octanol–water partition coefficient (Wildman–Crippen LogP) is 5.81. The molecule has 0 amide bonds. The lowest BCUT2D eigenvalue weighted by molar-refractivity contribution is -0.148. The zero-order valence-electron chi connectivity index (χ0n) is 14.0. The quantitative estimate of drug-likeness (QED) is 0.257. The van der Waals surface area contributed by atoms with Gasteiger partial charge in [-0.05, 0) is 46.0 Å². The van der Waals surface area contributed by atoms with Gasteiger partial charge in [0.15, 0.2) is 0 Å². The smallest absolute Gasteiger partial charge is 0.306 e. The Kier molecular flexibility index (Phi) is 12.7. The van der Waals surface area contributed by atoms with Crippen LogP contribution in [0.1, 0.15) is 91.9 Å². The number of ether oxygens (including phenoxy) is 1. The summed E-state index contributed by atoms with van der Waals surface area (Å²) in [7, 11) is 0. The van der Waals surface area contributed by atoms with E-state index in [-0.39, 0.29) is 12.1 Å². The second-order valence-electron chi connectivity index (χ2n) is 5.84. The molecule has 0 radical (unpaired) electrons. The molecule has 118 valence electrons. The molecule has 0 fully saturated rings. The summed E-state index contributed by atoms with van der Waals surface area (Å²) in [5.41, 5.74) is 1.48. The Morgan fingerprint density at radius 2 is 1.75 bits per heavy atom. The van der Waals surface area contributed by atoms with Gasteiger partial charge in [-0.1, -0.05) is 51.2 Å². The highest BCUT2D eigenvalue weighted by Gasteiger charge is 2.07. The van der Waals surface area contributed by atoms with Gasteiger partial charge in [-0.25, -0.2) is 0 Å². The molecule has 0 aromatic heterocycles. The van der Waals surface area contributed by atoms with E-state index in [1.54, 1.807) is 0 Å². The van der Waals surface area contributed by atoms with Crippen LogP contribution in [-0.4, -0.2) is 12.1 Å². The van der Waals surface area contributed by atoms with Crippen LogP contribution in [0, 0.1) is 0 Å². The molecule has 20 heavy (non-hydrogen) atoms. The molecule has 2 nitrogen and oxygen atoms in total. The summed E-state index contributed by atoms with van der Waals surface area (Å²) in [6, 6.07) is 0. The van der Waals surface area contributed by atoms with Gasteiger partial charge in [0.25, 0.3) is 0 Å². The Hall–Kier alpha value is -0.790. The number of rotatable bonds is 12. The summed E-state index contributed by atoms with van der Waals surface area (Å²) in [4.78, 5) is 11.3. The maximum Gasteiger partial charge on any atom is 0.306 e. The second-order valence-corrected chi connectivity index (χ2v) is 5.84. The molecule has 0 heterocycles. The van der Waals surface area contributed by atoms with E-state index in [0.717, 1.165) is 19.3 Å². The number of carbonyl (C=O) groups is 1. The molecule has 0 aromatic rings. The van der Waals surface area contributed by atoms with Crippen molar-refractivity contribution in [2.24, 2.45) is 0 Å². The largest absolute Gasteiger partial charge is 0.463 e. The van der Waals surface area contributed by atoms with Gasteiger partial charge in [-0.3, -0.25) is 4.79 Å². The molecule has 0 aromatic carbocycles. The van der Waals surface area contributed by atoms with Crippen molar-refractivity contribution in [3.05, 3.63) is 11.6 Å². The summed E-state index contributed by atoms with van der Waals surface area (Å²) < 4.78 is 5.33. The van der Waals surface area contributed by atoms with Gasteiger partial charge in [-0.15, -0.1) is 0 Å². The number of carbonyl (C=O) groups excluding carboxylic acids is 1. The van der Waals surface area contributed by atoms with E-state index in [1.165, 1.54) is 44.1 Å². The number of allylic oxidation sites excluding steroid dienone is 2. The Bertz CT molecular complexity index is 269. The summed E-state index contributed by atoms with van der Waals surface area (Å²) in [5, 5.41) is 0. The first-order valence-electron chi connectivity index (χ1n) is 8.45. The molecule has 0 saturated heterocycles. The minimum absolute atomic E-state index is 0.0441. The molecular weight excluding hydrogens is 248 g/mol. The van der Waals surface area contributed by atoms with Crippen molar-refractivity contribution in [3.8, 4) is 0 Å². The summed E-state index contributed by atoms with van der Waals surface area (Å²) in [5.74, 6) is -0.0587. The lowest BCUT2D eigenvalue weighted by Crippen LogP contribution is -2.14. The summed E-state index contributed by atoms with van der Waals surface area (Å²) in [6.45, 7) is 8.45. The van der Waals surface area contributed by atoms with Crippen LogP contribution in [0.5, 0.6) is 0 Å². The first kappa shape index (κ1) is 19.2. The van der Waals surface area contributed by atoms with E-state index in [2.05, 4.69) is 19.9 Å². The van der Waals surface area contributed by atoms with Crippen molar-refractivity contribution in [1.82, 2.24) is 0 Å². The highest BCUT2D eigenvalue weighted by atomic mass is 16.5. The zero-order chi connectivity index (χ0) is 15.2. The van der Waals surface area contributed by atoms with Gasteiger partial charge in [0.1, 0.15) is 0 Å². The fourth-order valence-corrected chi connectivity index (χ4v) is 2.22. The van der Waals surface area contributed by atoms with Crippen LogP contribution in [-0.2, 0) is 9.53 Å². The molecule has 0 spiro atoms. The molecule has 1 unspecified atom stereocenters. The molecule has 1 atom stereocenters. The van der Waals surface area contributed by atoms with Crippen LogP contribution in [0.2, 0.25) is 0 Å². The summed E-state index contributed by atoms with van der Waals surface area (Å²) >= 11 is 0. The minimum Gasteiger partial charge on any atom is -0.463 e. The van der Waals surface area contributed by atoms with E-state index in [9.17, 15) is 4.79 Å². The van der Waals surface area contributed by atoms with Gasteiger partial charge in [-0.2, -0.15) is 0 Å². The van der Waals surface area contributed by atoms with Crippen molar-refractivity contribution in [1.29, 1.82) is 0 Å². The SMILES string of the molecule is CCCCCCCC(C)=CCCC(C)OC(=O)CCC. The van der Waals surface area contributed by atoms with Gasteiger partial charge >= 0.3 is 5.97 Å². The van der Waals surface area contributed by atoms with Crippen molar-refractivity contribution in [3.63, 3.8) is 0 Å². The number of hydrogen-bond donors (Lipinski definition) is 0. The third-order valence-electron chi connectivity index (χ3n) is 3.53. The van der Waals surface area contributed by atoms with Crippen molar-refractivity contribution >= 4 is 5.97 Å². The topological polar surface area (TPSA) is 26.3 Å². The fourth-order valence-electron chi connectivity index (χ4n) is 2.22. The number of esters is 1. The maximum atomic E-state index is 11.3. The lowest BCUT2D eigenvalue weighted by atomic mass is 10.0. The fraction of sp³-hybridized carbons (Fsp3) is 0.833. The van der Waals surface area contributed by atoms with Gasteiger partial charge in [0.05, 0.1) is 6.10 Å². The molecule has 2 heteroatoms. The zero-order valence-corrected chi connectivity index (χ0v) is 14.0. The number of unbranched alkanes of at least 4 members (excludes halogenated alkanes) is 4. The maximum absolute atomic E-state index is 11.3. The average Bonchev–Trinajstić information content (AvgIpc) is 2.38. The van der Waals surface area contributed by atoms with Crippen molar-refractivity contribution in [2.75, 3.05) is 0 Å². The van der Waals surface area contributed by atoms with E-state index in [0.29, 0.717) is 6.42 Å². The normalized spacial score (nSPS) is 13.3. The highest BCUT2D eigenvalue weighted by Crippen LogP contribution is 2.13. The molecule has 0 aliphatic heterocycles. The van der Waals surface area contributed by atoms with E-state index in [1.807, 2.05) is 13.8 Å². The monoisotopic (exact) mass is 282 g/mol.